The number of likely N-dealkylation sites (N-methyl/N-ethyl adjacent to an activating group) is 1. The van der Waals surface area contributed by atoms with E-state index in [-0.39, 0.29) is 19.1 Å². The van der Waals surface area contributed by atoms with Gasteiger partial charge in [-0.3, -0.25) is 4.79 Å². The molecule has 0 fully saturated rings. The van der Waals surface area contributed by atoms with Crippen LogP contribution in [0.1, 0.15) is 23.9 Å². The number of rotatable bonds is 7. The summed E-state index contributed by atoms with van der Waals surface area (Å²) in [6.45, 7) is 6.52. The van der Waals surface area contributed by atoms with Crippen LogP contribution in [-0.2, 0) is 11.3 Å². The summed E-state index contributed by atoms with van der Waals surface area (Å²) in [5, 5.41) is 4.51. The zero-order valence-corrected chi connectivity index (χ0v) is 16.9. The van der Waals surface area contributed by atoms with Gasteiger partial charge in [-0.15, -0.1) is 0 Å². The topological polar surface area (TPSA) is 68.5 Å². The van der Waals surface area contributed by atoms with Crippen LogP contribution in [0.15, 0.2) is 47.0 Å². The van der Waals surface area contributed by atoms with Crippen molar-refractivity contribution in [2.45, 2.75) is 27.3 Å². The lowest BCUT2D eigenvalue weighted by molar-refractivity contribution is -0.134. The monoisotopic (exact) mass is 399 g/mol. The smallest absolute Gasteiger partial charge is 0.260 e. The third-order valence-corrected chi connectivity index (χ3v) is 4.65. The summed E-state index contributed by atoms with van der Waals surface area (Å²) in [5.41, 5.74) is 2.83. The summed E-state index contributed by atoms with van der Waals surface area (Å²) in [5.74, 6) is 1.29. The first-order valence-corrected chi connectivity index (χ1v) is 9.41. The highest BCUT2D eigenvalue weighted by Gasteiger charge is 2.18. The van der Waals surface area contributed by atoms with Crippen LogP contribution in [0.4, 0.5) is 0 Å². The maximum absolute atomic E-state index is 12.6. The molecule has 1 aromatic heterocycles. The fourth-order valence-corrected chi connectivity index (χ4v) is 3.02. The maximum atomic E-state index is 12.6. The largest absolute Gasteiger partial charge is 0.484 e. The number of halogens is 1. The second-order valence-corrected chi connectivity index (χ2v) is 6.86. The van der Waals surface area contributed by atoms with Crippen molar-refractivity contribution in [2.24, 2.45) is 0 Å². The van der Waals surface area contributed by atoms with Gasteiger partial charge in [0.05, 0.1) is 5.02 Å². The van der Waals surface area contributed by atoms with E-state index < -0.39 is 0 Å². The molecule has 146 valence electrons. The highest BCUT2D eigenvalue weighted by Crippen LogP contribution is 2.25. The summed E-state index contributed by atoms with van der Waals surface area (Å²) < 4.78 is 11.0. The van der Waals surface area contributed by atoms with Crippen molar-refractivity contribution in [3.63, 3.8) is 0 Å². The van der Waals surface area contributed by atoms with Gasteiger partial charge in [0.1, 0.15) is 12.3 Å². The number of aryl methyl sites for hydroxylation is 2. The van der Waals surface area contributed by atoms with Crippen LogP contribution in [0.25, 0.3) is 11.4 Å². The van der Waals surface area contributed by atoms with Crippen LogP contribution in [0.3, 0.4) is 0 Å². The Morgan fingerprint density at radius 1 is 1.21 bits per heavy atom. The number of ether oxygens (including phenoxy) is 1. The highest BCUT2D eigenvalue weighted by atomic mass is 35.5. The SMILES string of the molecule is CCN(Cc1nc(-c2ccccc2Cl)no1)C(=O)COc1ccc(C)cc1C. The predicted molar refractivity (Wildman–Crippen MR) is 107 cm³/mol. The molecule has 0 unspecified atom stereocenters. The molecule has 3 rings (SSSR count). The van der Waals surface area contributed by atoms with Gasteiger partial charge in [-0.1, -0.05) is 46.6 Å². The second-order valence-electron chi connectivity index (χ2n) is 6.46. The number of carbonyl (C=O) groups excluding carboxylic acids is 1. The summed E-state index contributed by atoms with van der Waals surface area (Å²) in [6.07, 6.45) is 0. The normalized spacial score (nSPS) is 10.7. The van der Waals surface area contributed by atoms with Crippen molar-refractivity contribution in [3.05, 3.63) is 64.5 Å². The van der Waals surface area contributed by atoms with Gasteiger partial charge in [-0.05, 0) is 44.5 Å². The molecule has 3 aromatic rings. The molecule has 1 amide bonds. The van der Waals surface area contributed by atoms with Crippen molar-refractivity contribution >= 4 is 17.5 Å². The van der Waals surface area contributed by atoms with Crippen LogP contribution in [0.5, 0.6) is 5.75 Å². The first-order chi connectivity index (χ1) is 13.5. The van der Waals surface area contributed by atoms with E-state index in [0.29, 0.717) is 34.6 Å². The molecule has 0 saturated heterocycles. The average molecular weight is 400 g/mol. The third-order valence-electron chi connectivity index (χ3n) is 4.32. The van der Waals surface area contributed by atoms with E-state index in [2.05, 4.69) is 10.1 Å². The molecule has 7 heteroatoms. The Morgan fingerprint density at radius 3 is 2.71 bits per heavy atom. The third kappa shape index (κ3) is 4.70. The summed E-state index contributed by atoms with van der Waals surface area (Å²) in [7, 11) is 0. The van der Waals surface area contributed by atoms with E-state index in [9.17, 15) is 4.79 Å². The lowest BCUT2D eigenvalue weighted by Crippen LogP contribution is -2.34. The predicted octanol–water partition coefficient (Wildman–Crippen LogP) is 4.43. The number of benzene rings is 2. The van der Waals surface area contributed by atoms with Gasteiger partial charge in [0, 0.05) is 12.1 Å². The zero-order valence-electron chi connectivity index (χ0n) is 16.1. The molecule has 6 nitrogen and oxygen atoms in total. The van der Waals surface area contributed by atoms with Crippen molar-refractivity contribution in [1.82, 2.24) is 15.0 Å². The Kier molecular flexibility index (Phi) is 6.31. The number of hydrogen-bond acceptors (Lipinski definition) is 5. The minimum absolute atomic E-state index is 0.0523. The van der Waals surface area contributed by atoms with Crippen LogP contribution in [-0.4, -0.2) is 34.1 Å². The van der Waals surface area contributed by atoms with E-state index >= 15 is 0 Å². The fraction of sp³-hybridized carbons (Fsp3) is 0.286. The lowest BCUT2D eigenvalue weighted by Gasteiger charge is -2.19. The van der Waals surface area contributed by atoms with Crippen molar-refractivity contribution in [3.8, 4) is 17.1 Å². The molecule has 0 N–H and O–H groups in total. The van der Waals surface area contributed by atoms with E-state index in [1.54, 1.807) is 11.0 Å². The Labute approximate surface area is 169 Å². The first kappa shape index (κ1) is 19.9. The van der Waals surface area contributed by atoms with E-state index in [1.807, 2.05) is 57.2 Å². The van der Waals surface area contributed by atoms with E-state index in [4.69, 9.17) is 20.9 Å². The van der Waals surface area contributed by atoms with Crippen LogP contribution >= 0.6 is 11.6 Å². The Balaban J connectivity index is 1.64. The van der Waals surface area contributed by atoms with Crippen molar-refractivity contribution in [2.75, 3.05) is 13.2 Å². The quantitative estimate of drug-likeness (QED) is 0.587. The van der Waals surface area contributed by atoms with E-state index in [0.717, 1.165) is 11.1 Å². The molecule has 0 radical (unpaired) electrons. The minimum atomic E-state index is -0.153. The van der Waals surface area contributed by atoms with Gasteiger partial charge in [-0.25, -0.2) is 0 Å². The number of aromatic nitrogens is 2. The lowest BCUT2D eigenvalue weighted by atomic mass is 10.1. The highest BCUT2D eigenvalue weighted by molar-refractivity contribution is 6.33. The van der Waals surface area contributed by atoms with Gasteiger partial charge in [0.15, 0.2) is 6.61 Å². The molecule has 0 saturated carbocycles. The van der Waals surface area contributed by atoms with Crippen molar-refractivity contribution < 1.29 is 14.1 Å². The van der Waals surface area contributed by atoms with Gasteiger partial charge >= 0.3 is 0 Å². The molecule has 0 atom stereocenters. The van der Waals surface area contributed by atoms with Gasteiger partial charge in [0.25, 0.3) is 5.91 Å². The number of carbonyl (C=O) groups is 1. The molecule has 28 heavy (non-hydrogen) atoms. The van der Waals surface area contributed by atoms with Gasteiger partial charge in [0.2, 0.25) is 11.7 Å². The molecule has 0 aliphatic heterocycles. The molecule has 0 aliphatic carbocycles. The second kappa shape index (κ2) is 8.89. The number of nitrogens with zero attached hydrogens (tertiary/aromatic N) is 3. The molecule has 1 heterocycles. The Hall–Kier alpha value is -2.86. The van der Waals surface area contributed by atoms with Crippen molar-refractivity contribution in [1.29, 1.82) is 0 Å². The minimum Gasteiger partial charge on any atom is -0.484 e. The molecular formula is C21H22ClN3O3. The average Bonchev–Trinajstić information content (AvgIpc) is 3.14. The standard InChI is InChI=1S/C21H22ClN3O3/c1-4-25(20(26)13-27-18-10-9-14(2)11-15(18)3)12-19-23-21(24-28-19)16-7-5-6-8-17(16)22/h5-11H,4,12-13H2,1-3H3. The fourth-order valence-electron chi connectivity index (χ4n) is 2.80. The van der Waals surface area contributed by atoms with Crippen LogP contribution in [0, 0.1) is 13.8 Å². The van der Waals surface area contributed by atoms with E-state index in [1.165, 1.54) is 0 Å². The Morgan fingerprint density at radius 2 is 2.00 bits per heavy atom. The molecule has 0 bridgehead atoms. The zero-order chi connectivity index (χ0) is 20.1. The summed E-state index contributed by atoms with van der Waals surface area (Å²) >= 11 is 6.17. The molecule has 2 aromatic carbocycles. The molecular weight excluding hydrogens is 378 g/mol. The molecule has 0 spiro atoms. The van der Waals surface area contributed by atoms with Crippen LogP contribution in [0.2, 0.25) is 5.02 Å². The van der Waals surface area contributed by atoms with Crippen LogP contribution < -0.4 is 4.74 Å². The van der Waals surface area contributed by atoms with Gasteiger partial charge < -0.3 is 14.2 Å². The van der Waals surface area contributed by atoms with Gasteiger partial charge in [-0.2, -0.15) is 4.98 Å². The Bertz CT molecular complexity index is 971. The first-order valence-electron chi connectivity index (χ1n) is 9.03. The maximum Gasteiger partial charge on any atom is 0.260 e. The number of hydrogen-bond donors (Lipinski definition) is 0. The molecule has 0 aliphatic rings. The summed E-state index contributed by atoms with van der Waals surface area (Å²) in [6, 6.07) is 13.1. The number of amides is 1. The summed E-state index contributed by atoms with van der Waals surface area (Å²) in [4.78, 5) is 18.5.